The van der Waals surface area contributed by atoms with E-state index in [4.69, 9.17) is 18.9 Å². The first-order valence-corrected chi connectivity index (χ1v) is 10.7. The van der Waals surface area contributed by atoms with E-state index < -0.39 is 0 Å². The fourth-order valence-corrected chi connectivity index (χ4v) is 4.27. The summed E-state index contributed by atoms with van der Waals surface area (Å²) in [5.41, 5.74) is 3.81. The van der Waals surface area contributed by atoms with Crippen molar-refractivity contribution >= 4 is 11.7 Å². The van der Waals surface area contributed by atoms with Crippen LogP contribution in [-0.2, 0) is 6.42 Å². The number of benzene rings is 3. The predicted octanol–water partition coefficient (Wildman–Crippen LogP) is 4.90. The molecule has 1 unspecified atom stereocenters. The van der Waals surface area contributed by atoms with Gasteiger partial charge < -0.3 is 29.2 Å². The Bertz CT molecular complexity index is 1130. The second-order valence-electron chi connectivity index (χ2n) is 7.66. The Hall–Kier alpha value is -3.87. The fraction of sp³-hybridized carbons (Fsp3) is 0.269. The molecule has 1 heterocycles. The molecule has 0 bridgehead atoms. The molecule has 0 radical (unpaired) electrons. The smallest absolute Gasteiger partial charge is 0.322 e. The van der Waals surface area contributed by atoms with Crippen molar-refractivity contribution in [1.82, 2.24) is 4.90 Å². The second kappa shape index (κ2) is 9.73. The van der Waals surface area contributed by atoms with Gasteiger partial charge in [0.25, 0.3) is 0 Å². The lowest BCUT2D eigenvalue weighted by molar-refractivity contribution is 0.193. The maximum Gasteiger partial charge on any atom is 0.322 e. The number of amides is 2. The van der Waals surface area contributed by atoms with Crippen molar-refractivity contribution in [3.63, 3.8) is 0 Å². The van der Waals surface area contributed by atoms with Gasteiger partial charge in [-0.1, -0.05) is 30.3 Å². The van der Waals surface area contributed by atoms with Crippen LogP contribution in [0.15, 0.2) is 60.7 Å². The van der Waals surface area contributed by atoms with Gasteiger partial charge in [0.2, 0.25) is 0 Å². The van der Waals surface area contributed by atoms with Gasteiger partial charge in [-0.05, 0) is 47.4 Å². The summed E-state index contributed by atoms with van der Waals surface area (Å²) in [6.45, 7) is 0.557. The average molecular weight is 449 g/mol. The van der Waals surface area contributed by atoms with Crippen LogP contribution in [-0.4, -0.2) is 45.9 Å². The molecule has 1 N–H and O–H groups in total. The quantitative estimate of drug-likeness (QED) is 0.581. The van der Waals surface area contributed by atoms with Crippen LogP contribution in [0.1, 0.15) is 22.7 Å². The van der Waals surface area contributed by atoms with Crippen molar-refractivity contribution < 1.29 is 23.7 Å². The molecule has 1 aliphatic heterocycles. The molecular weight excluding hydrogens is 420 g/mol. The van der Waals surface area contributed by atoms with Crippen molar-refractivity contribution in [2.75, 3.05) is 40.3 Å². The third-order valence-corrected chi connectivity index (χ3v) is 5.88. The molecule has 1 aliphatic rings. The van der Waals surface area contributed by atoms with E-state index in [1.165, 1.54) is 0 Å². The normalized spacial score (nSPS) is 14.8. The van der Waals surface area contributed by atoms with Gasteiger partial charge in [-0.25, -0.2) is 4.79 Å². The first-order valence-electron chi connectivity index (χ1n) is 10.7. The second-order valence-corrected chi connectivity index (χ2v) is 7.66. The van der Waals surface area contributed by atoms with E-state index in [-0.39, 0.29) is 12.1 Å². The number of methoxy groups -OCH3 is 4. The summed E-state index contributed by atoms with van der Waals surface area (Å²) in [6, 6.07) is 18.8. The number of anilines is 1. The molecule has 0 aliphatic carbocycles. The van der Waals surface area contributed by atoms with Gasteiger partial charge in [0.1, 0.15) is 0 Å². The third-order valence-electron chi connectivity index (χ3n) is 5.88. The zero-order valence-corrected chi connectivity index (χ0v) is 19.3. The SMILES string of the molecule is COc1ccc(NC(=O)N2CCc3cc(OC)c(OC)cc3C2c2ccccc2)cc1OC. The lowest BCUT2D eigenvalue weighted by Crippen LogP contribution is -2.43. The summed E-state index contributed by atoms with van der Waals surface area (Å²) in [6.07, 6.45) is 0.707. The lowest BCUT2D eigenvalue weighted by atomic mass is 9.88. The first kappa shape index (κ1) is 22.3. The molecule has 0 fully saturated rings. The zero-order chi connectivity index (χ0) is 23.4. The van der Waals surface area contributed by atoms with E-state index in [9.17, 15) is 4.79 Å². The highest BCUT2D eigenvalue weighted by Crippen LogP contribution is 2.41. The summed E-state index contributed by atoms with van der Waals surface area (Å²) in [4.78, 5) is 15.3. The lowest BCUT2D eigenvalue weighted by Gasteiger charge is -2.38. The Balaban J connectivity index is 1.71. The number of nitrogens with one attached hydrogen (secondary N) is 1. The van der Waals surface area contributed by atoms with Gasteiger partial charge in [-0.2, -0.15) is 0 Å². The van der Waals surface area contributed by atoms with Gasteiger partial charge >= 0.3 is 6.03 Å². The molecule has 0 saturated heterocycles. The van der Waals surface area contributed by atoms with Crippen molar-refractivity contribution in [2.45, 2.75) is 12.5 Å². The van der Waals surface area contributed by atoms with Gasteiger partial charge in [-0.15, -0.1) is 0 Å². The van der Waals surface area contributed by atoms with Gasteiger partial charge in [0, 0.05) is 18.3 Å². The maximum atomic E-state index is 13.5. The minimum Gasteiger partial charge on any atom is -0.493 e. The Kier molecular flexibility index (Phi) is 6.58. The van der Waals surface area contributed by atoms with Crippen LogP contribution in [0.3, 0.4) is 0 Å². The highest BCUT2D eigenvalue weighted by atomic mass is 16.5. The maximum absolute atomic E-state index is 13.5. The van der Waals surface area contributed by atoms with Crippen LogP contribution in [0, 0.1) is 0 Å². The summed E-state index contributed by atoms with van der Waals surface area (Å²) in [5.74, 6) is 2.48. The third kappa shape index (κ3) is 4.39. The number of nitrogens with zero attached hydrogens (tertiary/aromatic N) is 1. The molecular formula is C26H28N2O5. The first-order chi connectivity index (χ1) is 16.1. The van der Waals surface area contributed by atoms with Crippen molar-refractivity contribution in [3.05, 3.63) is 77.4 Å². The summed E-state index contributed by atoms with van der Waals surface area (Å²) >= 11 is 0. The van der Waals surface area contributed by atoms with Gasteiger partial charge in [0.15, 0.2) is 23.0 Å². The number of hydrogen-bond donors (Lipinski definition) is 1. The standard InChI is InChI=1S/C26H28N2O5/c1-30-21-11-10-19(15-23(21)32-3)27-26(29)28-13-12-18-14-22(31-2)24(33-4)16-20(18)25(28)17-8-6-5-7-9-17/h5-11,14-16,25H,12-13H2,1-4H3,(H,27,29). The number of urea groups is 1. The van der Waals surface area contributed by atoms with E-state index in [0.29, 0.717) is 41.7 Å². The Morgan fingerprint density at radius 2 is 1.45 bits per heavy atom. The van der Waals surface area contributed by atoms with E-state index >= 15 is 0 Å². The minimum atomic E-state index is -0.269. The van der Waals surface area contributed by atoms with Crippen LogP contribution < -0.4 is 24.3 Å². The number of hydrogen-bond acceptors (Lipinski definition) is 5. The number of carbonyl (C=O) groups excluding carboxylic acids is 1. The molecule has 0 spiro atoms. The number of fused-ring (bicyclic) bond motifs is 1. The Labute approximate surface area is 193 Å². The molecule has 1 atom stereocenters. The molecule has 3 aromatic carbocycles. The Morgan fingerprint density at radius 1 is 0.818 bits per heavy atom. The van der Waals surface area contributed by atoms with Crippen molar-refractivity contribution in [1.29, 1.82) is 0 Å². The Morgan fingerprint density at radius 3 is 2.12 bits per heavy atom. The topological polar surface area (TPSA) is 69.3 Å². The average Bonchev–Trinajstić information content (AvgIpc) is 2.87. The molecule has 3 aromatic rings. The largest absolute Gasteiger partial charge is 0.493 e. The fourth-order valence-electron chi connectivity index (χ4n) is 4.27. The van der Waals surface area contributed by atoms with Crippen LogP contribution in [0.4, 0.5) is 10.5 Å². The molecule has 7 heteroatoms. The molecule has 7 nitrogen and oxygen atoms in total. The number of ether oxygens (including phenoxy) is 4. The van der Waals surface area contributed by atoms with Crippen LogP contribution in [0.5, 0.6) is 23.0 Å². The van der Waals surface area contributed by atoms with E-state index in [2.05, 4.69) is 5.32 Å². The number of rotatable bonds is 6. The number of carbonyl (C=O) groups is 1. The summed E-state index contributed by atoms with van der Waals surface area (Å²) in [5, 5.41) is 3.01. The van der Waals surface area contributed by atoms with E-state index in [1.54, 1.807) is 46.6 Å². The van der Waals surface area contributed by atoms with Crippen LogP contribution >= 0.6 is 0 Å². The van der Waals surface area contributed by atoms with E-state index in [1.807, 2.05) is 47.4 Å². The van der Waals surface area contributed by atoms with Crippen LogP contribution in [0.2, 0.25) is 0 Å². The highest BCUT2D eigenvalue weighted by Gasteiger charge is 2.33. The molecule has 2 amide bonds. The highest BCUT2D eigenvalue weighted by molar-refractivity contribution is 5.90. The molecule has 4 rings (SSSR count). The van der Waals surface area contributed by atoms with E-state index in [0.717, 1.165) is 16.7 Å². The molecule has 172 valence electrons. The van der Waals surface area contributed by atoms with Gasteiger partial charge in [-0.3, -0.25) is 0 Å². The monoisotopic (exact) mass is 448 g/mol. The molecule has 0 saturated carbocycles. The van der Waals surface area contributed by atoms with Gasteiger partial charge in [0.05, 0.1) is 34.5 Å². The van der Waals surface area contributed by atoms with Crippen molar-refractivity contribution in [3.8, 4) is 23.0 Å². The molecule has 33 heavy (non-hydrogen) atoms. The van der Waals surface area contributed by atoms with Crippen molar-refractivity contribution in [2.24, 2.45) is 0 Å². The van der Waals surface area contributed by atoms with Crippen LogP contribution in [0.25, 0.3) is 0 Å². The summed E-state index contributed by atoms with van der Waals surface area (Å²) in [7, 11) is 6.39. The molecule has 0 aromatic heterocycles. The predicted molar refractivity (Wildman–Crippen MR) is 127 cm³/mol. The zero-order valence-electron chi connectivity index (χ0n) is 19.3. The minimum absolute atomic E-state index is 0.198. The summed E-state index contributed by atoms with van der Waals surface area (Å²) < 4.78 is 21.7.